The zero-order chi connectivity index (χ0) is 8.20. The molecule has 0 aromatic rings. The summed E-state index contributed by atoms with van der Waals surface area (Å²) in [5.41, 5.74) is 0. The summed E-state index contributed by atoms with van der Waals surface area (Å²) in [6.45, 7) is 7.29. The molecule has 0 unspecified atom stereocenters. The van der Waals surface area contributed by atoms with Crippen LogP contribution in [0.1, 0.15) is 0 Å². The van der Waals surface area contributed by atoms with Crippen LogP contribution in [0.2, 0.25) is 25.7 Å². The third-order valence-electron chi connectivity index (χ3n) is 1.07. The van der Waals surface area contributed by atoms with Gasteiger partial charge in [-0.3, -0.25) is 0 Å². The Morgan fingerprint density at radius 2 is 2.00 bits per heavy atom. The highest BCUT2D eigenvalue weighted by Gasteiger charge is 2.12. The van der Waals surface area contributed by atoms with Gasteiger partial charge >= 0.3 is 4.88 Å². The van der Waals surface area contributed by atoms with Crippen LogP contribution in [0.25, 0.3) is 0 Å². The summed E-state index contributed by atoms with van der Waals surface area (Å²) in [4.78, 5) is 9.88. The lowest BCUT2D eigenvalue weighted by Crippen LogP contribution is -2.21. The molecule has 0 spiro atoms. The summed E-state index contributed by atoms with van der Waals surface area (Å²) < 4.78 is 4.73. The van der Waals surface area contributed by atoms with Gasteiger partial charge in [0.25, 0.3) is 0 Å². The molecule has 0 aromatic carbocycles. The van der Waals surface area contributed by atoms with Gasteiger partial charge in [-0.15, -0.1) is 0 Å². The molecule has 0 saturated heterocycles. The predicted molar refractivity (Wildman–Crippen MR) is 48.4 cm³/mol. The Hall–Kier alpha value is 0.167. The van der Waals surface area contributed by atoms with Crippen LogP contribution in [-0.2, 0) is 4.74 Å². The first-order valence-corrected chi connectivity index (χ1v) is 7.74. The highest BCUT2D eigenvalue weighted by molar-refractivity contribution is 9.18. The highest BCUT2D eigenvalue weighted by atomic mass is 79.9. The molecule has 0 heterocycles. The number of carbonyl (C=O) groups is 1. The molecule has 0 bridgehead atoms. The summed E-state index contributed by atoms with van der Waals surface area (Å²) in [6, 6.07) is 1.03. The van der Waals surface area contributed by atoms with Crippen LogP contribution in [0.3, 0.4) is 0 Å². The molecule has 2 nitrogen and oxygen atoms in total. The smallest absolute Gasteiger partial charge is 0.374 e. The minimum Gasteiger partial charge on any atom is -0.458 e. The van der Waals surface area contributed by atoms with Crippen LogP contribution >= 0.6 is 15.9 Å². The van der Waals surface area contributed by atoms with Gasteiger partial charge in [-0.2, -0.15) is 0 Å². The summed E-state index contributed by atoms with van der Waals surface area (Å²) in [7, 11) is -1.02. The summed E-state index contributed by atoms with van der Waals surface area (Å²) in [6.07, 6.45) is 0. The number of hydrogen-bond donors (Lipinski definition) is 0. The zero-order valence-corrected chi connectivity index (χ0v) is 9.19. The number of ether oxygens (including phenoxy) is 1. The summed E-state index contributed by atoms with van der Waals surface area (Å²) in [5.74, 6) is 0. The fourth-order valence-corrected chi connectivity index (χ4v) is 1.31. The normalized spacial score (nSPS) is 11.2. The van der Waals surface area contributed by atoms with E-state index in [1.807, 2.05) is 0 Å². The molecule has 0 rings (SSSR count). The van der Waals surface area contributed by atoms with E-state index in [0.717, 1.165) is 6.04 Å². The maximum absolute atomic E-state index is 10.2. The van der Waals surface area contributed by atoms with Crippen molar-refractivity contribution in [3.8, 4) is 0 Å². The molecular weight excluding hydrogens is 212 g/mol. The molecule has 0 N–H and O–H groups in total. The molecule has 0 atom stereocenters. The predicted octanol–water partition coefficient (Wildman–Crippen LogP) is 2.86. The second kappa shape index (κ2) is 4.13. The largest absolute Gasteiger partial charge is 0.458 e. The Morgan fingerprint density at radius 1 is 1.50 bits per heavy atom. The van der Waals surface area contributed by atoms with E-state index in [0.29, 0.717) is 6.61 Å². The third kappa shape index (κ3) is 8.17. The number of halogens is 1. The van der Waals surface area contributed by atoms with E-state index < -0.39 is 8.07 Å². The molecule has 0 saturated carbocycles. The summed E-state index contributed by atoms with van der Waals surface area (Å²) in [5, 5.41) is 0. The van der Waals surface area contributed by atoms with Gasteiger partial charge in [0.2, 0.25) is 0 Å². The molecule has 0 aliphatic rings. The zero-order valence-electron chi connectivity index (χ0n) is 6.61. The van der Waals surface area contributed by atoms with Crippen molar-refractivity contribution >= 4 is 28.9 Å². The van der Waals surface area contributed by atoms with Gasteiger partial charge in [0, 0.05) is 24.0 Å². The first kappa shape index (κ1) is 10.2. The summed E-state index contributed by atoms with van der Waals surface area (Å²) >= 11 is 2.70. The van der Waals surface area contributed by atoms with E-state index in [4.69, 9.17) is 4.74 Å². The van der Waals surface area contributed by atoms with E-state index in [2.05, 4.69) is 35.6 Å². The quantitative estimate of drug-likeness (QED) is 0.545. The minimum atomic E-state index is -1.02. The van der Waals surface area contributed by atoms with E-state index >= 15 is 0 Å². The van der Waals surface area contributed by atoms with Crippen molar-refractivity contribution in [2.75, 3.05) is 6.61 Å². The van der Waals surface area contributed by atoms with Crippen LogP contribution in [0.5, 0.6) is 0 Å². The number of hydrogen-bond acceptors (Lipinski definition) is 2. The van der Waals surface area contributed by atoms with Crippen LogP contribution in [0.4, 0.5) is 4.79 Å². The fraction of sp³-hybridized carbons (Fsp3) is 0.833. The van der Waals surface area contributed by atoms with Gasteiger partial charge < -0.3 is 4.74 Å². The lowest BCUT2D eigenvalue weighted by atomic mass is 10.9. The van der Waals surface area contributed by atoms with Crippen molar-refractivity contribution in [2.45, 2.75) is 25.7 Å². The Balaban J connectivity index is 3.29. The maximum atomic E-state index is 10.2. The average molecular weight is 225 g/mol. The van der Waals surface area contributed by atoms with Crippen molar-refractivity contribution in [1.29, 1.82) is 0 Å². The van der Waals surface area contributed by atoms with Gasteiger partial charge in [-0.1, -0.05) is 19.6 Å². The van der Waals surface area contributed by atoms with Crippen molar-refractivity contribution in [3.63, 3.8) is 0 Å². The number of rotatable bonds is 3. The number of carbonyl (C=O) groups excluding carboxylic acids is 1. The standard InChI is InChI=1S/C6H13BrO2Si/c1-10(2,3)5-4-9-6(7)8/h4-5H2,1-3H3. The van der Waals surface area contributed by atoms with Gasteiger partial charge in [0.1, 0.15) is 0 Å². The van der Waals surface area contributed by atoms with Gasteiger partial charge in [-0.05, 0) is 6.04 Å². The molecule has 0 aliphatic heterocycles. The second-order valence-electron chi connectivity index (χ2n) is 3.40. The lowest BCUT2D eigenvalue weighted by molar-refractivity contribution is 0.182. The molecule has 0 amide bonds. The van der Waals surface area contributed by atoms with Crippen LogP contribution in [0, 0.1) is 0 Å². The molecule has 0 aromatic heterocycles. The van der Waals surface area contributed by atoms with Crippen molar-refractivity contribution < 1.29 is 9.53 Å². The van der Waals surface area contributed by atoms with Crippen LogP contribution < -0.4 is 0 Å². The molecule has 0 aliphatic carbocycles. The van der Waals surface area contributed by atoms with E-state index in [1.165, 1.54) is 0 Å². The maximum Gasteiger partial charge on any atom is 0.374 e. The Bertz CT molecular complexity index is 119. The molecule has 0 radical (unpaired) electrons. The topological polar surface area (TPSA) is 26.3 Å². The van der Waals surface area contributed by atoms with Crippen molar-refractivity contribution in [1.82, 2.24) is 0 Å². The molecule has 0 fully saturated rings. The van der Waals surface area contributed by atoms with Gasteiger partial charge in [-0.25, -0.2) is 4.79 Å². The monoisotopic (exact) mass is 224 g/mol. The second-order valence-corrected chi connectivity index (χ2v) is 9.67. The fourth-order valence-electron chi connectivity index (χ4n) is 0.437. The van der Waals surface area contributed by atoms with Crippen molar-refractivity contribution in [2.24, 2.45) is 0 Å². The third-order valence-corrected chi connectivity index (χ3v) is 3.00. The van der Waals surface area contributed by atoms with Crippen molar-refractivity contribution in [3.05, 3.63) is 0 Å². The van der Waals surface area contributed by atoms with Crippen LogP contribution in [-0.4, -0.2) is 19.6 Å². The Morgan fingerprint density at radius 3 is 2.30 bits per heavy atom. The molecule has 60 valence electrons. The first-order valence-electron chi connectivity index (χ1n) is 3.24. The highest BCUT2D eigenvalue weighted by Crippen LogP contribution is 2.08. The van der Waals surface area contributed by atoms with Gasteiger partial charge in [0.15, 0.2) is 0 Å². The SMILES string of the molecule is C[Si](C)(C)CCOC(=O)Br. The van der Waals surface area contributed by atoms with E-state index in [9.17, 15) is 4.79 Å². The molecule has 10 heavy (non-hydrogen) atoms. The first-order chi connectivity index (χ1) is 4.42. The van der Waals surface area contributed by atoms with E-state index in [-0.39, 0.29) is 4.88 Å². The minimum absolute atomic E-state index is 0.356. The molecular formula is C6H13BrO2Si. The Kier molecular flexibility index (Phi) is 4.20. The van der Waals surface area contributed by atoms with Gasteiger partial charge in [0.05, 0.1) is 6.61 Å². The Labute approximate surface area is 71.1 Å². The van der Waals surface area contributed by atoms with Crippen LogP contribution in [0.15, 0.2) is 0 Å². The average Bonchev–Trinajstić information content (AvgIpc) is 1.59. The van der Waals surface area contributed by atoms with E-state index in [1.54, 1.807) is 0 Å². The molecule has 4 heteroatoms. The lowest BCUT2D eigenvalue weighted by Gasteiger charge is -2.14.